The summed E-state index contributed by atoms with van der Waals surface area (Å²) < 4.78 is 0. The molecule has 0 bridgehead atoms. The Bertz CT molecular complexity index is 945. The van der Waals surface area contributed by atoms with E-state index in [2.05, 4.69) is 15.3 Å². The van der Waals surface area contributed by atoms with Gasteiger partial charge in [-0.15, -0.1) is 11.3 Å². The fourth-order valence-electron chi connectivity index (χ4n) is 2.55. The first-order chi connectivity index (χ1) is 12.1. The van der Waals surface area contributed by atoms with Crippen LogP contribution in [-0.4, -0.2) is 15.9 Å². The fourth-order valence-corrected chi connectivity index (χ4v) is 3.55. The number of pyridine rings is 2. The van der Waals surface area contributed by atoms with Gasteiger partial charge in [0.05, 0.1) is 17.1 Å². The van der Waals surface area contributed by atoms with Crippen molar-refractivity contribution in [1.82, 2.24) is 15.3 Å². The summed E-state index contributed by atoms with van der Waals surface area (Å²) in [5.41, 5.74) is 3.29. The Morgan fingerprint density at radius 1 is 1.28 bits per heavy atom. The molecule has 0 radical (unpaired) electrons. The molecular weight excluding hydrogens is 334 g/mol. The van der Waals surface area contributed by atoms with Gasteiger partial charge in [0.15, 0.2) is 0 Å². The minimum Gasteiger partial charge on any atom is -0.346 e. The van der Waals surface area contributed by atoms with Crippen LogP contribution in [0, 0.1) is 6.92 Å². The molecule has 3 aromatic rings. The number of thiophene rings is 1. The molecule has 0 fully saturated rings. The molecule has 0 aromatic carbocycles. The molecular formula is C19H19N3O2S. The molecule has 3 heterocycles. The number of rotatable bonds is 5. The smallest absolute Gasteiger partial charge is 0.261 e. The average molecular weight is 353 g/mol. The number of hydrogen-bond acceptors (Lipinski definition) is 4. The average Bonchev–Trinajstić information content (AvgIpc) is 3.10. The monoisotopic (exact) mass is 353 g/mol. The Morgan fingerprint density at radius 2 is 2.12 bits per heavy atom. The Hall–Kier alpha value is -2.73. The Kier molecular flexibility index (Phi) is 5.09. The third-order valence-corrected chi connectivity index (χ3v) is 5.06. The molecule has 0 saturated carbocycles. The van der Waals surface area contributed by atoms with E-state index >= 15 is 0 Å². The molecule has 128 valence electrons. The van der Waals surface area contributed by atoms with Crippen LogP contribution in [-0.2, 0) is 13.0 Å². The maximum Gasteiger partial charge on any atom is 0.261 e. The van der Waals surface area contributed by atoms with Crippen molar-refractivity contribution in [2.45, 2.75) is 26.8 Å². The first-order valence-corrected chi connectivity index (χ1v) is 8.91. The second-order valence-electron chi connectivity index (χ2n) is 5.68. The summed E-state index contributed by atoms with van der Waals surface area (Å²) in [6, 6.07) is 11.2. The van der Waals surface area contributed by atoms with Gasteiger partial charge in [0, 0.05) is 27.9 Å². The molecule has 0 unspecified atom stereocenters. The van der Waals surface area contributed by atoms with Gasteiger partial charge in [-0.2, -0.15) is 0 Å². The summed E-state index contributed by atoms with van der Waals surface area (Å²) >= 11 is 1.41. The highest BCUT2D eigenvalue weighted by Crippen LogP contribution is 2.30. The molecule has 0 spiro atoms. The van der Waals surface area contributed by atoms with Gasteiger partial charge in [0.1, 0.15) is 0 Å². The normalized spacial score (nSPS) is 10.6. The first-order valence-electron chi connectivity index (χ1n) is 8.09. The molecule has 0 saturated heterocycles. The van der Waals surface area contributed by atoms with Crippen LogP contribution in [0.15, 0.2) is 47.4 Å². The summed E-state index contributed by atoms with van der Waals surface area (Å²) in [5.74, 6) is -0.125. The molecule has 25 heavy (non-hydrogen) atoms. The van der Waals surface area contributed by atoms with Gasteiger partial charge in [-0.3, -0.25) is 14.6 Å². The zero-order chi connectivity index (χ0) is 17.8. The van der Waals surface area contributed by atoms with Crippen molar-refractivity contribution in [2.24, 2.45) is 0 Å². The first kappa shape index (κ1) is 17.1. The van der Waals surface area contributed by atoms with Crippen LogP contribution in [0.1, 0.15) is 33.5 Å². The van der Waals surface area contributed by atoms with Crippen LogP contribution in [0.3, 0.4) is 0 Å². The molecule has 0 aliphatic heterocycles. The number of nitrogens with one attached hydrogen (secondary N) is 2. The number of nitrogens with zero attached hydrogens (tertiary/aromatic N) is 1. The minimum atomic E-state index is -0.125. The van der Waals surface area contributed by atoms with Crippen molar-refractivity contribution >= 4 is 17.2 Å². The van der Waals surface area contributed by atoms with Gasteiger partial charge in [-0.05, 0) is 43.7 Å². The van der Waals surface area contributed by atoms with E-state index in [1.165, 1.54) is 11.3 Å². The van der Waals surface area contributed by atoms with Crippen molar-refractivity contribution in [2.75, 3.05) is 0 Å². The number of carbonyl (C=O) groups excluding carboxylic acids is 1. The molecule has 0 aliphatic rings. The van der Waals surface area contributed by atoms with Crippen LogP contribution in [0.5, 0.6) is 0 Å². The van der Waals surface area contributed by atoms with E-state index in [0.717, 1.165) is 27.4 Å². The molecule has 5 nitrogen and oxygen atoms in total. The second kappa shape index (κ2) is 7.44. The third-order valence-electron chi connectivity index (χ3n) is 3.95. The lowest BCUT2D eigenvalue weighted by molar-refractivity contribution is 0.0954. The van der Waals surface area contributed by atoms with Crippen molar-refractivity contribution in [3.8, 4) is 10.4 Å². The van der Waals surface area contributed by atoms with Crippen LogP contribution in [0.4, 0.5) is 0 Å². The zero-order valence-electron chi connectivity index (χ0n) is 14.1. The highest BCUT2D eigenvalue weighted by molar-refractivity contribution is 7.17. The van der Waals surface area contributed by atoms with Gasteiger partial charge >= 0.3 is 0 Å². The third kappa shape index (κ3) is 3.85. The summed E-state index contributed by atoms with van der Waals surface area (Å²) in [4.78, 5) is 32.9. The Morgan fingerprint density at radius 3 is 2.84 bits per heavy atom. The largest absolute Gasteiger partial charge is 0.346 e. The lowest BCUT2D eigenvalue weighted by Gasteiger charge is -2.06. The van der Waals surface area contributed by atoms with Crippen LogP contribution >= 0.6 is 11.3 Å². The summed E-state index contributed by atoms with van der Waals surface area (Å²) in [6.07, 6.45) is 2.38. The zero-order valence-corrected chi connectivity index (χ0v) is 14.9. The number of hydrogen-bond donors (Lipinski definition) is 2. The van der Waals surface area contributed by atoms with E-state index < -0.39 is 0 Å². The Balaban J connectivity index is 1.78. The lowest BCUT2D eigenvalue weighted by atomic mass is 10.1. The van der Waals surface area contributed by atoms with E-state index in [0.29, 0.717) is 17.8 Å². The maximum atomic E-state index is 12.3. The molecule has 0 atom stereocenters. The van der Waals surface area contributed by atoms with E-state index in [1.54, 1.807) is 6.20 Å². The topological polar surface area (TPSA) is 74.8 Å². The van der Waals surface area contributed by atoms with Crippen molar-refractivity contribution in [1.29, 1.82) is 0 Å². The highest BCUT2D eigenvalue weighted by atomic mass is 32.1. The van der Waals surface area contributed by atoms with Gasteiger partial charge < -0.3 is 10.3 Å². The molecule has 6 heteroatoms. The molecule has 1 amide bonds. The molecule has 3 rings (SSSR count). The number of amides is 1. The standard InChI is InChI=1S/C19H19N3O2S/c1-3-13-10-15(12(2)22-18(13)23)16-7-8-17(25-16)19(24)21-11-14-6-4-5-9-20-14/h4-10H,3,11H2,1-2H3,(H,21,24)(H,22,23). The number of carbonyl (C=O) groups is 1. The van der Waals surface area contributed by atoms with Gasteiger partial charge in [-0.1, -0.05) is 13.0 Å². The van der Waals surface area contributed by atoms with Crippen LogP contribution < -0.4 is 10.9 Å². The maximum absolute atomic E-state index is 12.3. The van der Waals surface area contributed by atoms with Gasteiger partial charge in [0.25, 0.3) is 11.5 Å². The molecule has 0 aliphatic carbocycles. The number of aromatic amines is 1. The highest BCUT2D eigenvalue weighted by Gasteiger charge is 2.13. The summed E-state index contributed by atoms with van der Waals surface area (Å²) in [7, 11) is 0. The summed E-state index contributed by atoms with van der Waals surface area (Å²) in [6.45, 7) is 4.22. The van der Waals surface area contributed by atoms with Crippen LogP contribution in [0.25, 0.3) is 10.4 Å². The SMILES string of the molecule is CCc1cc(-c2ccc(C(=O)NCc3ccccn3)s2)c(C)[nH]c1=O. The number of aromatic nitrogens is 2. The van der Waals surface area contributed by atoms with Crippen LogP contribution in [0.2, 0.25) is 0 Å². The molecule has 3 aromatic heterocycles. The predicted octanol–water partition coefficient (Wildman–Crippen LogP) is 3.30. The quantitative estimate of drug-likeness (QED) is 0.739. The van der Waals surface area contributed by atoms with Crippen molar-refractivity contribution in [3.63, 3.8) is 0 Å². The predicted molar refractivity (Wildman–Crippen MR) is 99.9 cm³/mol. The van der Waals surface area contributed by atoms with E-state index in [-0.39, 0.29) is 11.5 Å². The van der Waals surface area contributed by atoms with E-state index in [1.807, 2.05) is 50.2 Å². The van der Waals surface area contributed by atoms with Gasteiger partial charge in [-0.25, -0.2) is 0 Å². The van der Waals surface area contributed by atoms with Gasteiger partial charge in [0.2, 0.25) is 0 Å². The fraction of sp³-hybridized carbons (Fsp3) is 0.211. The van der Waals surface area contributed by atoms with E-state index in [9.17, 15) is 9.59 Å². The number of H-pyrrole nitrogens is 1. The second-order valence-corrected chi connectivity index (χ2v) is 6.77. The van der Waals surface area contributed by atoms with Crippen molar-refractivity contribution < 1.29 is 4.79 Å². The summed E-state index contributed by atoms with van der Waals surface area (Å²) in [5, 5.41) is 2.88. The molecule has 2 N–H and O–H groups in total. The number of aryl methyl sites for hydroxylation is 2. The Labute approximate surface area is 149 Å². The van der Waals surface area contributed by atoms with Crippen molar-refractivity contribution in [3.05, 3.63) is 74.8 Å². The minimum absolute atomic E-state index is 0.0476. The lowest BCUT2D eigenvalue weighted by Crippen LogP contribution is -2.22. The van der Waals surface area contributed by atoms with E-state index in [4.69, 9.17) is 0 Å².